The van der Waals surface area contributed by atoms with Crippen molar-refractivity contribution in [1.29, 1.82) is 0 Å². The number of H-pyrrole nitrogens is 1. The van der Waals surface area contributed by atoms with Crippen molar-refractivity contribution in [2.75, 3.05) is 26.9 Å². The summed E-state index contributed by atoms with van der Waals surface area (Å²) in [6.45, 7) is 4.36. The van der Waals surface area contributed by atoms with E-state index in [9.17, 15) is 4.79 Å². The molecule has 0 atom stereocenters. The number of imidazole rings is 1. The number of aryl methyl sites for hydroxylation is 1. The number of nitrogens with zero attached hydrogens (tertiary/aromatic N) is 2. The largest absolute Gasteiger partial charge is 0.491 e. The number of fused-ring (bicyclic) bond motifs is 2. The van der Waals surface area contributed by atoms with E-state index in [-0.39, 0.29) is 5.91 Å². The van der Waals surface area contributed by atoms with Crippen molar-refractivity contribution in [2.45, 2.75) is 32.7 Å². The summed E-state index contributed by atoms with van der Waals surface area (Å²) < 4.78 is 11.2. The van der Waals surface area contributed by atoms with E-state index in [2.05, 4.69) is 53.3 Å². The van der Waals surface area contributed by atoms with E-state index in [0.29, 0.717) is 26.3 Å². The van der Waals surface area contributed by atoms with Crippen LogP contribution in [0.3, 0.4) is 0 Å². The second-order valence-electron chi connectivity index (χ2n) is 9.00. The van der Waals surface area contributed by atoms with E-state index in [1.54, 1.807) is 7.11 Å². The van der Waals surface area contributed by atoms with Crippen molar-refractivity contribution in [1.82, 2.24) is 14.9 Å². The summed E-state index contributed by atoms with van der Waals surface area (Å²) in [6, 6.07) is 20.5. The van der Waals surface area contributed by atoms with Crippen LogP contribution >= 0.6 is 0 Å². The van der Waals surface area contributed by atoms with E-state index in [4.69, 9.17) is 9.47 Å². The van der Waals surface area contributed by atoms with Gasteiger partial charge in [0.2, 0.25) is 0 Å². The van der Waals surface area contributed by atoms with Crippen molar-refractivity contribution < 1.29 is 14.3 Å². The summed E-state index contributed by atoms with van der Waals surface area (Å²) in [4.78, 5) is 23.2. The maximum absolute atomic E-state index is 13.3. The molecular formula is C29H31N3O3. The van der Waals surface area contributed by atoms with Crippen molar-refractivity contribution in [3.63, 3.8) is 0 Å². The number of rotatable bonds is 7. The maximum atomic E-state index is 13.3. The highest BCUT2D eigenvalue weighted by atomic mass is 16.5. The molecule has 0 spiro atoms. The van der Waals surface area contributed by atoms with Crippen LogP contribution in [-0.4, -0.2) is 47.6 Å². The summed E-state index contributed by atoms with van der Waals surface area (Å²) in [5.74, 6) is 1.80. The Labute approximate surface area is 205 Å². The number of aromatic amines is 1. The maximum Gasteiger partial charge on any atom is 0.254 e. The molecule has 2 heterocycles. The van der Waals surface area contributed by atoms with E-state index in [1.165, 1.54) is 5.56 Å². The first-order valence-corrected chi connectivity index (χ1v) is 12.3. The van der Waals surface area contributed by atoms with Gasteiger partial charge in [0.25, 0.3) is 5.91 Å². The fourth-order valence-corrected chi connectivity index (χ4v) is 4.59. The summed E-state index contributed by atoms with van der Waals surface area (Å²) >= 11 is 0. The number of carbonyl (C=O) groups is 1. The molecule has 35 heavy (non-hydrogen) atoms. The van der Waals surface area contributed by atoms with Gasteiger partial charge in [0, 0.05) is 31.2 Å². The zero-order valence-corrected chi connectivity index (χ0v) is 20.3. The number of ether oxygens (including phenoxy) is 2. The number of carbonyl (C=O) groups excluding carboxylic acids is 1. The fraction of sp³-hybridized carbons (Fsp3) is 0.310. The molecule has 1 aliphatic heterocycles. The molecule has 0 saturated heterocycles. The lowest BCUT2D eigenvalue weighted by Crippen LogP contribution is -2.32. The highest BCUT2D eigenvalue weighted by Crippen LogP contribution is 2.31. The van der Waals surface area contributed by atoms with Gasteiger partial charge in [-0.25, -0.2) is 4.98 Å². The third kappa shape index (κ3) is 5.08. The minimum absolute atomic E-state index is 0.0392. The topological polar surface area (TPSA) is 67.5 Å². The van der Waals surface area contributed by atoms with Gasteiger partial charge in [-0.3, -0.25) is 4.79 Å². The first kappa shape index (κ1) is 23.1. The van der Waals surface area contributed by atoms with Gasteiger partial charge in [-0.15, -0.1) is 0 Å². The van der Waals surface area contributed by atoms with Crippen LogP contribution in [0.4, 0.5) is 0 Å². The van der Waals surface area contributed by atoms with E-state index in [1.807, 2.05) is 29.2 Å². The van der Waals surface area contributed by atoms with Gasteiger partial charge in [0.1, 0.15) is 18.2 Å². The van der Waals surface area contributed by atoms with Gasteiger partial charge in [0.15, 0.2) is 0 Å². The molecule has 1 N–H and O–H groups in total. The van der Waals surface area contributed by atoms with Gasteiger partial charge >= 0.3 is 0 Å². The number of amides is 1. The molecule has 1 aromatic heterocycles. The zero-order chi connectivity index (χ0) is 24.2. The molecule has 6 nitrogen and oxygen atoms in total. The Morgan fingerprint density at radius 2 is 1.86 bits per heavy atom. The van der Waals surface area contributed by atoms with Gasteiger partial charge in [-0.05, 0) is 59.5 Å². The number of hydrogen-bond acceptors (Lipinski definition) is 4. The Hall–Kier alpha value is -3.64. The van der Waals surface area contributed by atoms with Gasteiger partial charge < -0.3 is 19.4 Å². The van der Waals surface area contributed by atoms with Crippen molar-refractivity contribution in [2.24, 2.45) is 0 Å². The summed E-state index contributed by atoms with van der Waals surface area (Å²) in [7, 11) is 1.70. The lowest BCUT2D eigenvalue weighted by Gasteiger charge is -2.20. The standard InChI is InChI=1S/C29H31N3O3/c1-3-4-20-5-7-21(8-6-20)29(33)32-14-16-35-27-12-10-22(17-24(27)19-32)23-9-11-25-26(18-23)31-28(30-25)13-15-34-2/h5-12,17-18H,3-4,13-16,19H2,1-2H3,(H,30,31). The average Bonchev–Trinajstić information content (AvgIpc) is 3.17. The highest BCUT2D eigenvalue weighted by Gasteiger charge is 2.21. The molecule has 180 valence electrons. The number of methoxy groups -OCH3 is 1. The number of benzene rings is 3. The Bertz CT molecular complexity index is 1330. The van der Waals surface area contributed by atoms with E-state index in [0.717, 1.165) is 64.1 Å². The predicted molar refractivity (Wildman–Crippen MR) is 138 cm³/mol. The summed E-state index contributed by atoms with van der Waals surface area (Å²) in [6.07, 6.45) is 2.88. The van der Waals surface area contributed by atoms with Gasteiger partial charge in [-0.1, -0.05) is 37.6 Å². The molecule has 4 aromatic rings. The molecule has 0 aliphatic carbocycles. The Balaban J connectivity index is 1.38. The predicted octanol–water partition coefficient (Wildman–Crippen LogP) is 5.41. The van der Waals surface area contributed by atoms with Crippen LogP contribution in [0.25, 0.3) is 22.2 Å². The molecule has 0 saturated carbocycles. The molecule has 0 bridgehead atoms. The van der Waals surface area contributed by atoms with Crippen LogP contribution in [0.15, 0.2) is 60.7 Å². The molecule has 0 fully saturated rings. The lowest BCUT2D eigenvalue weighted by molar-refractivity contribution is 0.0733. The van der Waals surface area contributed by atoms with Crippen molar-refractivity contribution in [3.8, 4) is 16.9 Å². The van der Waals surface area contributed by atoms with Crippen molar-refractivity contribution >= 4 is 16.9 Å². The zero-order valence-electron chi connectivity index (χ0n) is 20.3. The summed E-state index contributed by atoms with van der Waals surface area (Å²) in [5.41, 5.74) is 7.12. The minimum Gasteiger partial charge on any atom is -0.491 e. The molecule has 1 aliphatic rings. The third-order valence-electron chi connectivity index (χ3n) is 6.47. The van der Waals surface area contributed by atoms with Crippen LogP contribution in [0.2, 0.25) is 0 Å². The highest BCUT2D eigenvalue weighted by molar-refractivity contribution is 5.94. The van der Waals surface area contributed by atoms with Crippen LogP contribution in [0, 0.1) is 0 Å². The molecule has 3 aromatic carbocycles. The van der Waals surface area contributed by atoms with Crippen LogP contribution < -0.4 is 4.74 Å². The molecule has 0 unspecified atom stereocenters. The van der Waals surface area contributed by atoms with Crippen LogP contribution in [0.1, 0.15) is 40.7 Å². The number of nitrogens with one attached hydrogen (secondary N) is 1. The Morgan fingerprint density at radius 1 is 1.06 bits per heavy atom. The Morgan fingerprint density at radius 3 is 2.66 bits per heavy atom. The van der Waals surface area contributed by atoms with E-state index < -0.39 is 0 Å². The monoisotopic (exact) mass is 469 g/mol. The SMILES string of the molecule is CCCc1ccc(C(=O)N2CCOc3ccc(-c4ccc5nc(CCOC)[nH]c5c4)cc3C2)cc1. The molecule has 6 heteroatoms. The molecule has 1 amide bonds. The lowest BCUT2D eigenvalue weighted by atomic mass is 10.0. The Kier molecular flexibility index (Phi) is 6.82. The van der Waals surface area contributed by atoms with Gasteiger partial charge in [0.05, 0.1) is 24.2 Å². The smallest absolute Gasteiger partial charge is 0.254 e. The normalized spacial score (nSPS) is 13.4. The third-order valence-corrected chi connectivity index (χ3v) is 6.47. The van der Waals surface area contributed by atoms with Crippen molar-refractivity contribution in [3.05, 3.63) is 83.2 Å². The number of hydrogen-bond donors (Lipinski definition) is 1. The number of aromatic nitrogens is 2. The molecular weight excluding hydrogens is 438 g/mol. The first-order chi connectivity index (χ1) is 17.1. The second-order valence-corrected chi connectivity index (χ2v) is 9.00. The average molecular weight is 470 g/mol. The van der Waals surface area contributed by atoms with E-state index >= 15 is 0 Å². The first-order valence-electron chi connectivity index (χ1n) is 12.3. The van der Waals surface area contributed by atoms with Gasteiger partial charge in [-0.2, -0.15) is 0 Å². The minimum atomic E-state index is 0.0392. The molecule has 5 rings (SSSR count). The summed E-state index contributed by atoms with van der Waals surface area (Å²) in [5, 5.41) is 0. The quantitative estimate of drug-likeness (QED) is 0.393. The molecule has 0 radical (unpaired) electrons. The fourth-order valence-electron chi connectivity index (χ4n) is 4.59. The van der Waals surface area contributed by atoms with Crippen LogP contribution in [-0.2, 0) is 24.1 Å². The van der Waals surface area contributed by atoms with Crippen LogP contribution in [0.5, 0.6) is 5.75 Å². The second kappa shape index (κ2) is 10.3.